The average molecular weight is 173 g/mol. The summed E-state index contributed by atoms with van der Waals surface area (Å²) in [5.41, 5.74) is -0.194. The Balaban J connectivity index is 3.12. The zero-order valence-electron chi connectivity index (χ0n) is 5.36. The van der Waals surface area contributed by atoms with E-state index in [1.807, 2.05) is 0 Å². The molecule has 0 saturated carbocycles. The SMILES string of the molecule is O=[N+]([O-])c1ccccc1SF. The highest BCUT2D eigenvalue weighted by Crippen LogP contribution is 2.28. The lowest BCUT2D eigenvalue weighted by molar-refractivity contribution is -0.387. The number of benzene rings is 1. The standard InChI is InChI=1S/C6H4FNO2S/c7-11-6-4-2-1-3-5(6)8(9)10/h1-4H. The Kier molecular flexibility index (Phi) is 2.43. The Morgan fingerprint density at radius 3 is 2.55 bits per heavy atom. The first kappa shape index (κ1) is 8.00. The second kappa shape index (κ2) is 3.34. The van der Waals surface area contributed by atoms with Crippen molar-refractivity contribution in [3.63, 3.8) is 0 Å². The molecule has 0 aliphatic rings. The zero-order valence-corrected chi connectivity index (χ0v) is 6.18. The fraction of sp³-hybridized carbons (Fsp3) is 0. The molecule has 0 spiro atoms. The molecule has 5 heteroatoms. The molecule has 0 aliphatic heterocycles. The van der Waals surface area contributed by atoms with Crippen molar-refractivity contribution in [2.24, 2.45) is 0 Å². The number of nitrogens with zero attached hydrogens (tertiary/aromatic N) is 1. The normalized spacial score (nSPS) is 9.55. The van der Waals surface area contributed by atoms with Gasteiger partial charge in [0.15, 0.2) is 0 Å². The Labute approximate surface area is 66.7 Å². The number of hydrogen-bond donors (Lipinski definition) is 0. The fourth-order valence-electron chi connectivity index (χ4n) is 0.673. The molecule has 0 N–H and O–H groups in total. The lowest BCUT2D eigenvalue weighted by atomic mass is 10.3. The van der Waals surface area contributed by atoms with Crippen molar-refractivity contribution < 1.29 is 8.81 Å². The van der Waals surface area contributed by atoms with Crippen LogP contribution in [0.1, 0.15) is 0 Å². The number of para-hydroxylation sites is 1. The highest BCUT2D eigenvalue weighted by Gasteiger charge is 2.11. The Morgan fingerprint density at radius 1 is 1.45 bits per heavy atom. The van der Waals surface area contributed by atoms with E-state index >= 15 is 0 Å². The van der Waals surface area contributed by atoms with E-state index in [1.54, 1.807) is 6.07 Å². The summed E-state index contributed by atoms with van der Waals surface area (Å²) in [6, 6.07) is 5.68. The van der Waals surface area contributed by atoms with E-state index in [9.17, 15) is 14.0 Å². The number of nitro groups is 1. The highest BCUT2D eigenvalue weighted by atomic mass is 32.2. The predicted molar refractivity (Wildman–Crippen MR) is 40.1 cm³/mol. The maximum Gasteiger partial charge on any atom is 0.285 e. The monoisotopic (exact) mass is 173 g/mol. The summed E-state index contributed by atoms with van der Waals surface area (Å²) in [5.74, 6) is 0. The van der Waals surface area contributed by atoms with Crippen LogP contribution >= 0.6 is 12.1 Å². The molecule has 1 rings (SSSR count). The van der Waals surface area contributed by atoms with E-state index in [-0.39, 0.29) is 22.7 Å². The Morgan fingerprint density at radius 2 is 2.09 bits per heavy atom. The van der Waals surface area contributed by atoms with Crippen molar-refractivity contribution in [2.75, 3.05) is 0 Å². The molecule has 0 heterocycles. The second-order valence-electron chi connectivity index (χ2n) is 1.80. The average Bonchev–Trinajstić information content (AvgIpc) is 2.04. The third-order valence-corrected chi connectivity index (χ3v) is 1.66. The third kappa shape index (κ3) is 1.68. The molecular weight excluding hydrogens is 169 g/mol. The molecule has 1 aromatic carbocycles. The summed E-state index contributed by atoms with van der Waals surface area (Å²) in [5, 5.41) is 10.2. The second-order valence-corrected chi connectivity index (χ2v) is 2.40. The molecule has 0 saturated heterocycles. The van der Waals surface area contributed by atoms with Crippen LogP contribution in [0.2, 0.25) is 0 Å². The topological polar surface area (TPSA) is 43.1 Å². The van der Waals surface area contributed by atoms with E-state index in [4.69, 9.17) is 0 Å². The maximum absolute atomic E-state index is 12.0. The smallest absolute Gasteiger partial charge is 0.258 e. The van der Waals surface area contributed by atoms with Gasteiger partial charge in [-0.3, -0.25) is 10.1 Å². The molecule has 0 aliphatic carbocycles. The van der Waals surface area contributed by atoms with Crippen LogP contribution in [0.5, 0.6) is 0 Å². The maximum atomic E-state index is 12.0. The molecule has 0 radical (unpaired) electrons. The molecule has 0 unspecified atom stereocenters. The summed E-state index contributed by atoms with van der Waals surface area (Å²) in [7, 11) is 0. The van der Waals surface area contributed by atoms with Crippen LogP contribution < -0.4 is 0 Å². The molecule has 58 valence electrons. The predicted octanol–water partition coefficient (Wildman–Crippen LogP) is 2.57. The van der Waals surface area contributed by atoms with Crippen LogP contribution in [0.3, 0.4) is 0 Å². The van der Waals surface area contributed by atoms with Crippen LogP contribution in [0.25, 0.3) is 0 Å². The van der Waals surface area contributed by atoms with Crippen LogP contribution in [0.15, 0.2) is 29.2 Å². The van der Waals surface area contributed by atoms with Crippen molar-refractivity contribution in [1.29, 1.82) is 0 Å². The minimum atomic E-state index is -0.609. The summed E-state index contributed by atoms with van der Waals surface area (Å²) >= 11 is -0.118. The van der Waals surface area contributed by atoms with Crippen molar-refractivity contribution in [3.8, 4) is 0 Å². The van der Waals surface area contributed by atoms with Gasteiger partial charge in [0, 0.05) is 6.07 Å². The highest BCUT2D eigenvalue weighted by molar-refractivity contribution is 7.94. The largest absolute Gasteiger partial charge is 0.285 e. The number of rotatable bonds is 2. The zero-order chi connectivity index (χ0) is 8.27. The van der Waals surface area contributed by atoms with Crippen LogP contribution in [0, 0.1) is 10.1 Å². The van der Waals surface area contributed by atoms with E-state index < -0.39 is 4.92 Å². The molecule has 0 fully saturated rings. The van der Waals surface area contributed by atoms with Gasteiger partial charge in [-0.1, -0.05) is 12.1 Å². The Bertz CT molecular complexity index is 279. The lowest BCUT2D eigenvalue weighted by Gasteiger charge is -1.93. The molecule has 3 nitrogen and oxygen atoms in total. The molecule has 1 aromatic rings. The first-order valence-electron chi connectivity index (χ1n) is 2.77. The molecule has 0 atom stereocenters. The van der Waals surface area contributed by atoms with E-state index in [1.165, 1.54) is 18.2 Å². The van der Waals surface area contributed by atoms with Crippen LogP contribution in [0.4, 0.5) is 9.57 Å². The van der Waals surface area contributed by atoms with Crippen LogP contribution in [-0.4, -0.2) is 4.92 Å². The first-order chi connectivity index (χ1) is 5.25. The lowest BCUT2D eigenvalue weighted by Crippen LogP contribution is -1.88. The van der Waals surface area contributed by atoms with Crippen molar-refractivity contribution in [2.45, 2.75) is 4.90 Å². The minimum Gasteiger partial charge on any atom is -0.258 e. The molecule has 0 aromatic heterocycles. The van der Waals surface area contributed by atoms with Gasteiger partial charge < -0.3 is 0 Å². The van der Waals surface area contributed by atoms with Gasteiger partial charge in [0.2, 0.25) is 0 Å². The van der Waals surface area contributed by atoms with E-state index in [0.717, 1.165) is 0 Å². The van der Waals surface area contributed by atoms with Crippen molar-refractivity contribution >= 4 is 17.8 Å². The Hall–Kier alpha value is -1.10. The van der Waals surface area contributed by atoms with Crippen LogP contribution in [-0.2, 0) is 0 Å². The molecule has 0 bridgehead atoms. The van der Waals surface area contributed by atoms with Gasteiger partial charge in [-0.2, -0.15) is 3.89 Å². The van der Waals surface area contributed by atoms with Crippen molar-refractivity contribution in [3.05, 3.63) is 34.4 Å². The van der Waals surface area contributed by atoms with Gasteiger partial charge in [-0.25, -0.2) is 0 Å². The van der Waals surface area contributed by atoms with Gasteiger partial charge in [0.25, 0.3) is 5.69 Å². The molecule has 0 amide bonds. The molecular formula is C6H4FNO2S. The summed E-state index contributed by atoms with van der Waals surface area (Å²) in [6.07, 6.45) is 0. The fourth-order valence-corrected chi connectivity index (χ4v) is 1.02. The summed E-state index contributed by atoms with van der Waals surface area (Å²) in [6.45, 7) is 0. The minimum absolute atomic E-state index is 0.0394. The van der Waals surface area contributed by atoms with Crippen molar-refractivity contribution in [1.82, 2.24) is 0 Å². The van der Waals surface area contributed by atoms with Gasteiger partial charge in [-0.05, 0) is 6.07 Å². The number of halogens is 1. The summed E-state index contributed by atoms with van der Waals surface area (Å²) < 4.78 is 12.0. The van der Waals surface area contributed by atoms with Gasteiger partial charge in [0.05, 0.1) is 17.1 Å². The van der Waals surface area contributed by atoms with Gasteiger partial charge >= 0.3 is 0 Å². The number of nitro benzene ring substituents is 1. The first-order valence-corrected chi connectivity index (χ1v) is 3.49. The van der Waals surface area contributed by atoms with Gasteiger partial charge in [0.1, 0.15) is 4.90 Å². The summed E-state index contributed by atoms with van der Waals surface area (Å²) in [4.78, 5) is 9.64. The third-order valence-electron chi connectivity index (χ3n) is 1.15. The molecule has 11 heavy (non-hydrogen) atoms. The van der Waals surface area contributed by atoms with Gasteiger partial charge in [-0.15, -0.1) is 0 Å². The number of hydrogen-bond acceptors (Lipinski definition) is 3. The van der Waals surface area contributed by atoms with E-state index in [2.05, 4.69) is 0 Å². The van der Waals surface area contributed by atoms with E-state index in [0.29, 0.717) is 0 Å². The quantitative estimate of drug-likeness (QED) is 0.510.